The molecule has 0 unspecified atom stereocenters. The fourth-order valence-corrected chi connectivity index (χ4v) is 7.09. The van der Waals surface area contributed by atoms with Crippen LogP contribution in [-0.2, 0) is 14.8 Å². The van der Waals surface area contributed by atoms with Crippen LogP contribution >= 0.6 is 0 Å². The summed E-state index contributed by atoms with van der Waals surface area (Å²) in [7, 11) is -4.26. The van der Waals surface area contributed by atoms with Crippen molar-refractivity contribution >= 4 is 44.9 Å². The van der Waals surface area contributed by atoms with Gasteiger partial charge < -0.3 is 9.80 Å². The van der Waals surface area contributed by atoms with Gasteiger partial charge in [0.15, 0.2) is 0 Å². The molecule has 2 fully saturated rings. The number of hydrogen-bond donors (Lipinski definition) is 1. The van der Waals surface area contributed by atoms with Crippen LogP contribution in [0, 0.1) is 26.1 Å². The van der Waals surface area contributed by atoms with Crippen LogP contribution in [0.2, 0.25) is 0 Å². The van der Waals surface area contributed by atoms with E-state index in [0.29, 0.717) is 31.5 Å². The number of piperidine rings is 1. The third-order valence-electron chi connectivity index (χ3n) is 7.66. The zero-order valence-electron chi connectivity index (χ0n) is 23.6. The van der Waals surface area contributed by atoms with Gasteiger partial charge in [0, 0.05) is 74.8 Å². The second-order valence-electron chi connectivity index (χ2n) is 10.2. The van der Waals surface area contributed by atoms with Crippen LogP contribution in [0.4, 0.5) is 22.7 Å². The number of nitro groups is 2. The molecule has 1 atom stereocenters. The second-order valence-corrected chi connectivity index (χ2v) is 12.1. The summed E-state index contributed by atoms with van der Waals surface area (Å²) in [6.07, 6.45) is 4.38. The van der Waals surface area contributed by atoms with E-state index in [1.165, 1.54) is 34.8 Å². The quantitative estimate of drug-likeness (QED) is 0.228. The van der Waals surface area contributed by atoms with E-state index < -0.39 is 31.5 Å². The first-order valence-corrected chi connectivity index (χ1v) is 15.4. The molecule has 2 aliphatic heterocycles. The lowest BCUT2D eigenvalue weighted by Gasteiger charge is -2.34. The van der Waals surface area contributed by atoms with Gasteiger partial charge in [-0.15, -0.1) is 0 Å². The van der Waals surface area contributed by atoms with E-state index in [1.807, 2.05) is 13.8 Å². The summed E-state index contributed by atoms with van der Waals surface area (Å²) in [5, 5.41) is 27.1. The minimum Gasteiger partial charge on any atom is -0.371 e. The average Bonchev–Trinajstić information content (AvgIpc) is 3.52. The van der Waals surface area contributed by atoms with E-state index in [-0.39, 0.29) is 35.3 Å². The van der Waals surface area contributed by atoms with E-state index in [0.717, 1.165) is 37.7 Å². The molecule has 2 aromatic carbocycles. The molecule has 1 N–H and O–H groups in total. The third kappa shape index (κ3) is 6.68. The Morgan fingerprint density at radius 1 is 1.02 bits per heavy atom. The predicted molar refractivity (Wildman–Crippen MR) is 158 cm³/mol. The zero-order chi connectivity index (χ0) is 30.4. The first kappa shape index (κ1) is 30.8. The van der Waals surface area contributed by atoms with Crippen molar-refractivity contribution < 1.29 is 23.1 Å². The van der Waals surface area contributed by atoms with Crippen LogP contribution in [0.15, 0.2) is 46.4 Å². The summed E-state index contributed by atoms with van der Waals surface area (Å²) >= 11 is 0. The van der Waals surface area contributed by atoms with E-state index in [2.05, 4.69) is 15.4 Å². The van der Waals surface area contributed by atoms with E-state index in [4.69, 9.17) is 0 Å². The standard InChI is InChI=1S/C27H35N7O7S/c1-3-30(4-2)27(35)20-8-7-15-32(19-20)42(40,41)26-17-23(34(38)39)9-11-24(26)29-28-18-21-16-22(33(36)37)10-12-25(21)31-13-5-6-14-31/h9-12,16-18,20,29H,3-8,13-15,19H2,1-2H3/b28-18-/t20-/m1/s1. The number of carbonyl (C=O) groups is 1. The first-order chi connectivity index (χ1) is 20.1. The van der Waals surface area contributed by atoms with Gasteiger partial charge in [0.2, 0.25) is 15.9 Å². The van der Waals surface area contributed by atoms with Gasteiger partial charge in [0.05, 0.1) is 27.7 Å². The fourth-order valence-electron chi connectivity index (χ4n) is 5.40. The Bertz CT molecular complexity index is 1470. The topological polar surface area (TPSA) is 172 Å². The van der Waals surface area contributed by atoms with Crippen molar-refractivity contribution in [3.05, 3.63) is 62.2 Å². The van der Waals surface area contributed by atoms with E-state index in [1.54, 1.807) is 11.0 Å². The van der Waals surface area contributed by atoms with Gasteiger partial charge in [0.1, 0.15) is 4.90 Å². The second kappa shape index (κ2) is 13.2. The normalized spacial score (nSPS) is 17.9. The largest absolute Gasteiger partial charge is 0.371 e. The Morgan fingerprint density at radius 3 is 2.31 bits per heavy atom. The highest BCUT2D eigenvalue weighted by atomic mass is 32.2. The molecule has 15 heteroatoms. The number of carbonyl (C=O) groups excluding carboxylic acids is 1. The molecule has 226 valence electrons. The van der Waals surface area contributed by atoms with Gasteiger partial charge in [-0.25, -0.2) is 8.42 Å². The van der Waals surface area contributed by atoms with Crippen molar-refractivity contribution in [2.24, 2.45) is 11.0 Å². The molecule has 2 aliphatic rings. The molecule has 4 rings (SSSR count). The molecule has 42 heavy (non-hydrogen) atoms. The molecule has 2 aromatic rings. The van der Waals surface area contributed by atoms with Crippen molar-refractivity contribution in [2.75, 3.05) is 49.6 Å². The van der Waals surface area contributed by atoms with Crippen molar-refractivity contribution in [3.8, 4) is 0 Å². The van der Waals surface area contributed by atoms with E-state index >= 15 is 0 Å². The summed E-state index contributed by atoms with van der Waals surface area (Å²) in [6, 6.07) is 7.90. The van der Waals surface area contributed by atoms with Crippen molar-refractivity contribution in [1.29, 1.82) is 0 Å². The van der Waals surface area contributed by atoms with Gasteiger partial charge in [0.25, 0.3) is 11.4 Å². The van der Waals surface area contributed by atoms with Crippen LogP contribution in [0.25, 0.3) is 0 Å². The molecular weight excluding hydrogens is 566 g/mol. The summed E-state index contributed by atoms with van der Waals surface area (Å²) in [6.45, 7) is 6.48. The molecular formula is C27H35N7O7S. The number of nitrogens with zero attached hydrogens (tertiary/aromatic N) is 6. The number of hydrogen-bond acceptors (Lipinski definition) is 10. The third-order valence-corrected chi connectivity index (χ3v) is 9.56. The Kier molecular flexibility index (Phi) is 9.73. The number of nitrogens with one attached hydrogen (secondary N) is 1. The molecule has 2 saturated heterocycles. The number of benzene rings is 2. The lowest BCUT2D eigenvalue weighted by atomic mass is 9.98. The highest BCUT2D eigenvalue weighted by molar-refractivity contribution is 7.89. The number of rotatable bonds is 11. The van der Waals surface area contributed by atoms with Crippen LogP contribution in [0.3, 0.4) is 0 Å². The summed E-state index contributed by atoms with van der Waals surface area (Å²) in [4.78, 5) is 38.1. The van der Waals surface area contributed by atoms with Crippen LogP contribution in [0.1, 0.15) is 45.1 Å². The van der Waals surface area contributed by atoms with Crippen LogP contribution in [-0.4, -0.2) is 78.9 Å². The number of sulfonamides is 1. The van der Waals surface area contributed by atoms with Crippen molar-refractivity contribution in [2.45, 2.75) is 44.4 Å². The van der Waals surface area contributed by atoms with Gasteiger partial charge >= 0.3 is 0 Å². The molecule has 0 aliphatic carbocycles. The van der Waals surface area contributed by atoms with Gasteiger partial charge in [-0.3, -0.25) is 30.4 Å². The van der Waals surface area contributed by atoms with Crippen LogP contribution < -0.4 is 10.3 Å². The maximum atomic E-state index is 13.8. The summed E-state index contributed by atoms with van der Waals surface area (Å²) < 4.78 is 28.9. The lowest BCUT2D eigenvalue weighted by Crippen LogP contribution is -2.46. The maximum absolute atomic E-state index is 13.8. The lowest BCUT2D eigenvalue weighted by molar-refractivity contribution is -0.385. The molecule has 0 spiro atoms. The first-order valence-electron chi connectivity index (χ1n) is 14.0. The minimum atomic E-state index is -4.26. The van der Waals surface area contributed by atoms with Crippen molar-refractivity contribution in [1.82, 2.24) is 9.21 Å². The fraction of sp³-hybridized carbons (Fsp3) is 0.481. The summed E-state index contributed by atoms with van der Waals surface area (Å²) in [5.41, 5.74) is 3.40. The smallest absolute Gasteiger partial charge is 0.270 e. The molecule has 0 bridgehead atoms. The SMILES string of the molecule is CCN(CC)C(=O)[C@@H]1CCCN(S(=O)(=O)c2cc([N+](=O)[O-])ccc2N/N=C\c2cc([N+](=O)[O-])ccc2N2CCCC2)C1. The Hall–Kier alpha value is -4.11. The average molecular weight is 602 g/mol. The number of amides is 1. The molecule has 0 saturated carbocycles. The maximum Gasteiger partial charge on any atom is 0.270 e. The Labute approximate surface area is 244 Å². The number of hydrazone groups is 1. The minimum absolute atomic E-state index is 0.00203. The molecule has 2 heterocycles. The van der Waals surface area contributed by atoms with E-state index in [9.17, 15) is 33.4 Å². The zero-order valence-corrected chi connectivity index (χ0v) is 24.5. The predicted octanol–water partition coefficient (Wildman–Crippen LogP) is 3.82. The number of nitro benzene ring substituents is 2. The van der Waals surface area contributed by atoms with Crippen molar-refractivity contribution in [3.63, 3.8) is 0 Å². The molecule has 14 nitrogen and oxygen atoms in total. The Balaban J connectivity index is 1.65. The molecule has 1 amide bonds. The van der Waals surface area contributed by atoms with Gasteiger partial charge in [-0.05, 0) is 51.7 Å². The summed E-state index contributed by atoms with van der Waals surface area (Å²) in [5.74, 6) is -0.632. The molecule has 0 aromatic heterocycles. The highest BCUT2D eigenvalue weighted by Gasteiger charge is 2.36. The Morgan fingerprint density at radius 2 is 1.67 bits per heavy atom. The molecule has 0 radical (unpaired) electrons. The highest BCUT2D eigenvalue weighted by Crippen LogP contribution is 2.32. The van der Waals surface area contributed by atoms with Crippen LogP contribution in [0.5, 0.6) is 0 Å². The van der Waals surface area contributed by atoms with Gasteiger partial charge in [-0.1, -0.05) is 0 Å². The number of non-ortho nitro benzene ring substituents is 2. The monoisotopic (exact) mass is 601 g/mol. The van der Waals surface area contributed by atoms with Gasteiger partial charge in [-0.2, -0.15) is 9.41 Å². The number of anilines is 2.